The molecule has 4 nitrogen and oxygen atoms in total. The van der Waals surface area contributed by atoms with Crippen LogP contribution in [0.25, 0.3) is 0 Å². The molecule has 1 rings (SSSR count). The zero-order valence-corrected chi connectivity index (χ0v) is 13.6. The molecule has 5 heteroatoms. The van der Waals surface area contributed by atoms with Gasteiger partial charge in [0.15, 0.2) is 0 Å². The predicted molar refractivity (Wildman–Crippen MR) is 90.9 cm³/mol. The summed E-state index contributed by atoms with van der Waals surface area (Å²) in [5.41, 5.74) is 3.26. The lowest BCUT2D eigenvalue weighted by molar-refractivity contribution is 0.627. The van der Waals surface area contributed by atoms with Crippen LogP contribution in [-0.2, 0) is 0 Å². The van der Waals surface area contributed by atoms with Gasteiger partial charge in [-0.2, -0.15) is 5.26 Å². The van der Waals surface area contributed by atoms with Gasteiger partial charge < -0.3 is 10.6 Å². The van der Waals surface area contributed by atoms with E-state index in [0.29, 0.717) is 13.0 Å². The van der Waals surface area contributed by atoms with Crippen LogP contribution in [0.5, 0.6) is 0 Å². The molecule has 0 spiro atoms. The first-order valence-corrected chi connectivity index (χ1v) is 7.37. The monoisotopic (exact) mass is 302 g/mol. The molecule has 0 heterocycles. The second-order valence-electron chi connectivity index (χ2n) is 4.97. The Morgan fingerprint density at radius 3 is 2.82 bits per heavy atom. The first kappa shape index (κ1) is 17.7. The molecule has 0 aliphatic carbocycles. The van der Waals surface area contributed by atoms with E-state index in [1.54, 1.807) is 6.21 Å². The summed E-state index contributed by atoms with van der Waals surface area (Å²) in [5, 5.41) is 15.1. The molecule has 118 valence electrons. The van der Waals surface area contributed by atoms with Gasteiger partial charge in [0.2, 0.25) is 0 Å². The topological polar surface area (TPSA) is 60.2 Å². The van der Waals surface area contributed by atoms with Crippen molar-refractivity contribution >= 4 is 17.6 Å². The highest BCUT2D eigenvalue weighted by Gasteiger charge is 2.10. The molecule has 1 aromatic carbocycles. The van der Waals surface area contributed by atoms with E-state index in [-0.39, 0.29) is 12.0 Å². The summed E-state index contributed by atoms with van der Waals surface area (Å²) in [6, 6.07) is 5.07. The van der Waals surface area contributed by atoms with Gasteiger partial charge in [0.05, 0.1) is 23.9 Å². The highest BCUT2D eigenvalue weighted by atomic mass is 19.1. The Bertz CT molecular complexity index is 599. The minimum Gasteiger partial charge on any atom is -0.384 e. The lowest BCUT2D eigenvalue weighted by atomic mass is 10.1. The van der Waals surface area contributed by atoms with Gasteiger partial charge in [-0.25, -0.2) is 4.39 Å². The Morgan fingerprint density at radius 2 is 2.23 bits per heavy atom. The number of benzene rings is 1. The van der Waals surface area contributed by atoms with E-state index in [0.717, 1.165) is 22.5 Å². The van der Waals surface area contributed by atoms with Crippen LogP contribution in [-0.4, -0.2) is 18.9 Å². The lowest BCUT2D eigenvalue weighted by Crippen LogP contribution is -2.15. The number of aryl methyl sites for hydroxylation is 1. The molecular formula is C17H23FN4. The Labute approximate surface area is 131 Å². The van der Waals surface area contributed by atoms with Crippen molar-refractivity contribution in [1.29, 1.82) is 5.26 Å². The maximum Gasteiger partial charge on any atom is 0.125 e. The maximum absolute atomic E-state index is 13.5. The van der Waals surface area contributed by atoms with Gasteiger partial charge in [0, 0.05) is 12.8 Å². The average molecular weight is 302 g/mol. The normalized spacial score (nSPS) is 13.0. The number of hydrogen-bond donors (Lipinski definition) is 2. The highest BCUT2D eigenvalue weighted by molar-refractivity contribution is 5.79. The summed E-state index contributed by atoms with van der Waals surface area (Å²) in [6.07, 6.45) is 3.72. The summed E-state index contributed by atoms with van der Waals surface area (Å²) in [7, 11) is 0. The second-order valence-corrected chi connectivity index (χ2v) is 4.97. The fraction of sp³-hybridized carbons (Fsp3) is 0.412. The van der Waals surface area contributed by atoms with E-state index in [4.69, 9.17) is 5.26 Å². The van der Waals surface area contributed by atoms with Crippen LogP contribution in [0.15, 0.2) is 28.8 Å². The molecule has 2 N–H and O–H groups in total. The Kier molecular flexibility index (Phi) is 7.11. The summed E-state index contributed by atoms with van der Waals surface area (Å²) in [6.45, 7) is 8.32. The first-order chi connectivity index (χ1) is 10.5. The van der Waals surface area contributed by atoms with Gasteiger partial charge in [-0.1, -0.05) is 6.08 Å². The van der Waals surface area contributed by atoms with Crippen molar-refractivity contribution in [1.82, 2.24) is 0 Å². The lowest BCUT2D eigenvalue weighted by Gasteiger charge is -2.18. The molecule has 1 aromatic rings. The molecule has 1 atom stereocenters. The molecule has 1 unspecified atom stereocenters. The number of aliphatic imine (C=N–C) groups is 1. The second kappa shape index (κ2) is 8.83. The van der Waals surface area contributed by atoms with Crippen molar-refractivity contribution in [2.45, 2.75) is 40.3 Å². The van der Waals surface area contributed by atoms with Crippen molar-refractivity contribution in [3.63, 3.8) is 0 Å². The summed E-state index contributed by atoms with van der Waals surface area (Å²) >= 11 is 0. The molecule has 0 fully saturated rings. The van der Waals surface area contributed by atoms with Crippen LogP contribution in [0.3, 0.4) is 0 Å². The van der Waals surface area contributed by atoms with E-state index >= 15 is 0 Å². The van der Waals surface area contributed by atoms with Crippen LogP contribution in [0.2, 0.25) is 0 Å². The highest BCUT2D eigenvalue weighted by Crippen LogP contribution is 2.28. The minimum atomic E-state index is -0.264. The zero-order chi connectivity index (χ0) is 16.5. The van der Waals surface area contributed by atoms with Crippen molar-refractivity contribution in [2.75, 3.05) is 17.2 Å². The molecule has 22 heavy (non-hydrogen) atoms. The van der Waals surface area contributed by atoms with E-state index in [1.165, 1.54) is 12.1 Å². The quantitative estimate of drug-likeness (QED) is 0.740. The van der Waals surface area contributed by atoms with Gasteiger partial charge in [0.1, 0.15) is 12.0 Å². The van der Waals surface area contributed by atoms with Crippen LogP contribution in [0, 0.1) is 24.1 Å². The molecule has 0 amide bonds. The summed E-state index contributed by atoms with van der Waals surface area (Å²) < 4.78 is 13.5. The number of nitriles is 1. The first-order valence-electron chi connectivity index (χ1n) is 7.37. The van der Waals surface area contributed by atoms with Gasteiger partial charge >= 0.3 is 0 Å². The standard InChI is InChI=1S/C17H23FN4/c1-5-14(7-8-19)11-21-13(4)22-17-12(3)9-15(18)10-16(17)20-6-2/h5,9-11,13,20,22H,6-7H2,1-4H3/b14-5-,21-11?. The van der Waals surface area contributed by atoms with Crippen molar-refractivity contribution in [3.8, 4) is 6.07 Å². The third-order valence-electron chi connectivity index (χ3n) is 3.14. The Morgan fingerprint density at radius 1 is 1.50 bits per heavy atom. The van der Waals surface area contributed by atoms with Crippen LogP contribution >= 0.6 is 0 Å². The van der Waals surface area contributed by atoms with E-state index < -0.39 is 0 Å². The van der Waals surface area contributed by atoms with Gasteiger partial charge in [0.25, 0.3) is 0 Å². The molecule has 0 saturated heterocycles. The zero-order valence-electron chi connectivity index (χ0n) is 13.6. The van der Waals surface area contributed by atoms with Crippen LogP contribution in [0.1, 0.15) is 32.8 Å². The molecule has 0 aliphatic heterocycles. The largest absolute Gasteiger partial charge is 0.384 e. The Hall–Kier alpha value is -2.35. The predicted octanol–water partition coefficient (Wildman–Crippen LogP) is 4.25. The average Bonchev–Trinajstić information content (AvgIpc) is 2.47. The van der Waals surface area contributed by atoms with Crippen LogP contribution < -0.4 is 10.6 Å². The minimum absolute atomic E-state index is 0.185. The number of halogens is 1. The number of allylic oxidation sites excluding steroid dienone is 2. The Balaban J connectivity index is 2.90. The molecule has 0 aliphatic rings. The third-order valence-corrected chi connectivity index (χ3v) is 3.14. The van der Waals surface area contributed by atoms with Gasteiger partial charge in [-0.3, -0.25) is 4.99 Å². The maximum atomic E-state index is 13.5. The SMILES string of the molecule is C/C=C(\C=NC(C)Nc1c(C)cc(F)cc1NCC)CC#N. The van der Waals surface area contributed by atoms with E-state index in [9.17, 15) is 4.39 Å². The number of nitrogens with zero attached hydrogens (tertiary/aromatic N) is 2. The number of anilines is 2. The van der Waals surface area contributed by atoms with Gasteiger partial charge in [-0.05, 0) is 51.0 Å². The van der Waals surface area contributed by atoms with Crippen molar-refractivity contribution in [2.24, 2.45) is 4.99 Å². The van der Waals surface area contributed by atoms with Crippen molar-refractivity contribution in [3.05, 3.63) is 35.2 Å². The van der Waals surface area contributed by atoms with E-state index in [1.807, 2.05) is 33.8 Å². The molecule has 0 radical (unpaired) electrons. The fourth-order valence-electron chi connectivity index (χ4n) is 2.03. The summed E-state index contributed by atoms with van der Waals surface area (Å²) in [5.74, 6) is -0.264. The molecular weight excluding hydrogens is 279 g/mol. The number of nitrogens with one attached hydrogen (secondary N) is 2. The fourth-order valence-corrected chi connectivity index (χ4v) is 2.03. The molecule has 0 saturated carbocycles. The van der Waals surface area contributed by atoms with E-state index in [2.05, 4.69) is 21.7 Å². The van der Waals surface area contributed by atoms with Gasteiger partial charge in [-0.15, -0.1) is 0 Å². The molecule has 0 aromatic heterocycles. The van der Waals surface area contributed by atoms with Crippen molar-refractivity contribution < 1.29 is 4.39 Å². The summed E-state index contributed by atoms with van der Waals surface area (Å²) in [4.78, 5) is 4.40. The number of hydrogen-bond acceptors (Lipinski definition) is 4. The smallest absolute Gasteiger partial charge is 0.125 e. The molecule has 0 bridgehead atoms. The van der Waals surface area contributed by atoms with Crippen LogP contribution in [0.4, 0.5) is 15.8 Å². The number of rotatable bonds is 7. The third kappa shape index (κ3) is 5.21.